The summed E-state index contributed by atoms with van der Waals surface area (Å²) in [6.45, 7) is 2.28. The molecule has 2 aromatic rings. The number of aromatic nitrogens is 2. The highest BCUT2D eigenvalue weighted by molar-refractivity contribution is 5.62. The Kier molecular flexibility index (Phi) is 3.22. The summed E-state index contributed by atoms with van der Waals surface area (Å²) in [6.07, 6.45) is 8.88. The van der Waals surface area contributed by atoms with E-state index < -0.39 is 0 Å². The number of allylic oxidation sites excluding steroid dienone is 1. The van der Waals surface area contributed by atoms with Crippen molar-refractivity contribution >= 4 is 12.4 Å². The third kappa shape index (κ3) is 2.16. The van der Waals surface area contributed by atoms with E-state index >= 15 is 0 Å². The molecule has 1 fully saturated rings. The van der Waals surface area contributed by atoms with Gasteiger partial charge in [-0.1, -0.05) is 12.5 Å². The number of benzene rings is 1. The van der Waals surface area contributed by atoms with Crippen LogP contribution >= 0.6 is 0 Å². The van der Waals surface area contributed by atoms with Crippen LogP contribution in [-0.2, 0) is 11.2 Å². The van der Waals surface area contributed by atoms with E-state index in [-0.39, 0.29) is 11.2 Å². The number of hydrogen-bond acceptors (Lipinski definition) is 2. The summed E-state index contributed by atoms with van der Waals surface area (Å²) >= 11 is 0. The molecule has 4 rings (SSSR count). The largest absolute Gasteiger partial charge is 0.303 e. The van der Waals surface area contributed by atoms with Crippen molar-refractivity contribution in [1.29, 1.82) is 0 Å². The molecule has 0 aliphatic heterocycles. The van der Waals surface area contributed by atoms with Crippen molar-refractivity contribution in [3.8, 4) is 5.69 Å². The minimum absolute atomic E-state index is 0.0740. The first-order valence-electron chi connectivity index (χ1n) is 8.09. The molecule has 1 heterocycles. The zero-order valence-electron chi connectivity index (χ0n) is 13.1. The van der Waals surface area contributed by atoms with E-state index in [0.29, 0.717) is 12.3 Å². The summed E-state index contributed by atoms with van der Waals surface area (Å²) < 4.78 is 15.0. The molecule has 3 nitrogen and oxygen atoms in total. The summed E-state index contributed by atoms with van der Waals surface area (Å²) in [6, 6.07) is 6.41. The van der Waals surface area contributed by atoms with Gasteiger partial charge in [0.25, 0.3) is 0 Å². The number of fused-ring (bicyclic) bond motifs is 2. The number of carbonyl (C=O) groups is 1. The van der Waals surface area contributed by atoms with E-state index in [9.17, 15) is 9.18 Å². The summed E-state index contributed by atoms with van der Waals surface area (Å²) in [7, 11) is 0. The van der Waals surface area contributed by atoms with Crippen LogP contribution in [0.5, 0.6) is 0 Å². The van der Waals surface area contributed by atoms with Gasteiger partial charge >= 0.3 is 0 Å². The van der Waals surface area contributed by atoms with Crippen LogP contribution in [0.2, 0.25) is 0 Å². The van der Waals surface area contributed by atoms with Crippen molar-refractivity contribution < 1.29 is 9.18 Å². The molecule has 0 spiro atoms. The normalized spacial score (nSPS) is 25.7. The first-order valence-corrected chi connectivity index (χ1v) is 8.09. The number of rotatable bonds is 3. The van der Waals surface area contributed by atoms with Gasteiger partial charge in [-0.15, -0.1) is 0 Å². The first kappa shape index (κ1) is 14.4. The number of halogens is 1. The molecule has 4 heteroatoms. The Balaban J connectivity index is 1.76. The van der Waals surface area contributed by atoms with Gasteiger partial charge in [-0.05, 0) is 66.5 Å². The van der Waals surface area contributed by atoms with Crippen LogP contribution in [-0.4, -0.2) is 16.1 Å². The van der Waals surface area contributed by atoms with E-state index in [4.69, 9.17) is 0 Å². The minimum atomic E-state index is -0.242. The average molecular weight is 310 g/mol. The van der Waals surface area contributed by atoms with E-state index in [1.807, 2.05) is 10.9 Å². The monoisotopic (exact) mass is 310 g/mol. The molecule has 1 aromatic heterocycles. The maximum Gasteiger partial charge on any atom is 0.123 e. The number of carbonyl (C=O) groups excluding carboxylic acids is 1. The van der Waals surface area contributed by atoms with Crippen LogP contribution in [0.15, 0.2) is 36.0 Å². The van der Waals surface area contributed by atoms with E-state index in [2.05, 4.69) is 18.1 Å². The number of nitrogens with zero attached hydrogens (tertiary/aromatic N) is 2. The van der Waals surface area contributed by atoms with Crippen LogP contribution in [0.25, 0.3) is 11.8 Å². The van der Waals surface area contributed by atoms with Gasteiger partial charge in [0.15, 0.2) is 0 Å². The second-order valence-corrected chi connectivity index (χ2v) is 6.85. The Bertz CT molecular complexity index is 790. The molecule has 2 aliphatic carbocycles. The average Bonchev–Trinajstić information content (AvgIpc) is 3.07. The highest BCUT2D eigenvalue weighted by Gasteiger charge is 2.45. The Labute approximate surface area is 134 Å². The van der Waals surface area contributed by atoms with Gasteiger partial charge in [-0.25, -0.2) is 9.07 Å². The van der Waals surface area contributed by atoms with Crippen LogP contribution < -0.4 is 0 Å². The first-order chi connectivity index (χ1) is 11.1. The smallest absolute Gasteiger partial charge is 0.123 e. The zero-order chi connectivity index (χ0) is 16.0. The lowest BCUT2D eigenvalue weighted by Gasteiger charge is -2.35. The molecular weight excluding hydrogens is 291 g/mol. The molecule has 2 aliphatic rings. The molecule has 23 heavy (non-hydrogen) atoms. The highest BCUT2D eigenvalue weighted by atomic mass is 19.1. The SMILES string of the molecule is C[C@]12Cc3cnn(-c4ccc(F)cc4)c3C=C1CC[C@@H]2CC=O. The van der Waals surface area contributed by atoms with E-state index in [1.54, 1.807) is 12.1 Å². The summed E-state index contributed by atoms with van der Waals surface area (Å²) in [5, 5.41) is 4.51. The van der Waals surface area contributed by atoms with Crippen molar-refractivity contribution in [3.05, 3.63) is 53.1 Å². The molecular formula is C19H19FN2O. The third-order valence-corrected chi connectivity index (χ3v) is 5.60. The lowest BCUT2D eigenvalue weighted by molar-refractivity contribution is -0.109. The van der Waals surface area contributed by atoms with E-state index in [0.717, 1.165) is 36.9 Å². The van der Waals surface area contributed by atoms with Gasteiger partial charge in [0.05, 0.1) is 17.6 Å². The molecule has 0 unspecified atom stereocenters. The standard InChI is InChI=1S/C19H19FN2O/c1-19-11-13-12-21-22(17-6-4-16(20)5-7-17)18(13)10-15(19)3-2-14(19)8-9-23/h4-7,9-10,12,14H,2-3,8,11H2,1H3/t14-,19-/m1/s1. The Hall–Kier alpha value is -2.23. The summed E-state index contributed by atoms with van der Waals surface area (Å²) in [4.78, 5) is 11.0. The van der Waals surface area contributed by atoms with Crippen molar-refractivity contribution in [2.45, 2.75) is 32.6 Å². The molecule has 118 valence electrons. The van der Waals surface area contributed by atoms with Crippen LogP contribution in [0.4, 0.5) is 4.39 Å². The maximum atomic E-state index is 13.1. The molecule has 0 amide bonds. The summed E-state index contributed by atoms with van der Waals surface area (Å²) in [5.74, 6) is 0.182. The quantitative estimate of drug-likeness (QED) is 0.804. The lowest BCUT2D eigenvalue weighted by Crippen LogP contribution is -2.29. The fraction of sp³-hybridized carbons (Fsp3) is 0.368. The van der Waals surface area contributed by atoms with Crippen LogP contribution in [0.1, 0.15) is 37.4 Å². The molecule has 2 atom stereocenters. The number of hydrogen-bond donors (Lipinski definition) is 0. The third-order valence-electron chi connectivity index (χ3n) is 5.60. The van der Waals surface area contributed by atoms with Crippen molar-refractivity contribution in [3.63, 3.8) is 0 Å². The fourth-order valence-corrected chi connectivity index (χ4v) is 4.22. The van der Waals surface area contributed by atoms with Gasteiger partial charge < -0.3 is 4.79 Å². The van der Waals surface area contributed by atoms with Crippen molar-refractivity contribution in [2.75, 3.05) is 0 Å². The van der Waals surface area contributed by atoms with Crippen molar-refractivity contribution in [2.24, 2.45) is 11.3 Å². The predicted octanol–water partition coefficient (Wildman–Crippen LogP) is 3.96. The highest BCUT2D eigenvalue weighted by Crippen LogP contribution is 2.53. The van der Waals surface area contributed by atoms with Gasteiger partial charge in [0, 0.05) is 6.42 Å². The molecule has 1 aromatic carbocycles. The Morgan fingerprint density at radius 3 is 2.91 bits per heavy atom. The lowest BCUT2D eigenvalue weighted by atomic mass is 9.69. The van der Waals surface area contributed by atoms with Crippen LogP contribution in [0.3, 0.4) is 0 Å². The predicted molar refractivity (Wildman–Crippen MR) is 86.7 cm³/mol. The number of aldehydes is 1. The van der Waals surface area contributed by atoms with Crippen molar-refractivity contribution in [1.82, 2.24) is 9.78 Å². The second kappa shape index (κ2) is 5.15. The minimum Gasteiger partial charge on any atom is -0.303 e. The molecule has 0 saturated heterocycles. The topological polar surface area (TPSA) is 34.9 Å². The van der Waals surface area contributed by atoms with E-state index in [1.165, 1.54) is 23.3 Å². The second-order valence-electron chi connectivity index (χ2n) is 6.85. The Morgan fingerprint density at radius 2 is 2.17 bits per heavy atom. The molecule has 1 saturated carbocycles. The van der Waals surface area contributed by atoms with Gasteiger partial charge in [0.2, 0.25) is 0 Å². The van der Waals surface area contributed by atoms with Gasteiger partial charge in [-0.2, -0.15) is 5.10 Å². The van der Waals surface area contributed by atoms with Gasteiger partial charge in [-0.3, -0.25) is 0 Å². The van der Waals surface area contributed by atoms with Gasteiger partial charge in [0.1, 0.15) is 12.1 Å². The molecule has 0 N–H and O–H groups in total. The fourth-order valence-electron chi connectivity index (χ4n) is 4.22. The maximum absolute atomic E-state index is 13.1. The molecule has 0 radical (unpaired) electrons. The summed E-state index contributed by atoms with van der Waals surface area (Å²) in [5.41, 5.74) is 4.66. The molecule has 0 bridgehead atoms. The van der Waals surface area contributed by atoms with Crippen LogP contribution in [0, 0.1) is 17.2 Å². The zero-order valence-corrected chi connectivity index (χ0v) is 13.1. The Morgan fingerprint density at radius 1 is 1.39 bits per heavy atom.